The minimum absolute atomic E-state index is 0.0332. The average molecular weight is 460 g/mol. The molecule has 3 aromatic carbocycles. The molecular formula is C28H33N3O3. The Morgan fingerprint density at radius 3 is 1.97 bits per heavy atom. The van der Waals surface area contributed by atoms with E-state index in [0.717, 1.165) is 31.7 Å². The second-order valence-corrected chi connectivity index (χ2v) is 8.50. The highest BCUT2D eigenvalue weighted by molar-refractivity contribution is 5.78. The number of methoxy groups -OCH3 is 2. The zero-order chi connectivity index (χ0) is 23.8. The highest BCUT2D eigenvalue weighted by atomic mass is 16.5. The maximum atomic E-state index is 12.6. The topological polar surface area (TPSA) is 54.0 Å². The number of rotatable bonds is 9. The normalized spacial score (nSPS) is 14.7. The molecule has 1 aliphatic heterocycles. The van der Waals surface area contributed by atoms with Gasteiger partial charge >= 0.3 is 0 Å². The van der Waals surface area contributed by atoms with Gasteiger partial charge in [-0.25, -0.2) is 0 Å². The third kappa shape index (κ3) is 5.95. The first kappa shape index (κ1) is 23.8. The average Bonchev–Trinajstić information content (AvgIpc) is 2.89. The van der Waals surface area contributed by atoms with E-state index in [0.29, 0.717) is 24.6 Å². The van der Waals surface area contributed by atoms with Gasteiger partial charge in [0.2, 0.25) is 5.91 Å². The Bertz CT molecular complexity index is 1010. The summed E-state index contributed by atoms with van der Waals surface area (Å²) >= 11 is 0. The van der Waals surface area contributed by atoms with Crippen LogP contribution < -0.4 is 14.8 Å². The first-order valence-electron chi connectivity index (χ1n) is 11.7. The van der Waals surface area contributed by atoms with Crippen LogP contribution in [0.2, 0.25) is 0 Å². The summed E-state index contributed by atoms with van der Waals surface area (Å²) in [5.74, 6) is 1.38. The van der Waals surface area contributed by atoms with Crippen LogP contribution in [-0.4, -0.2) is 62.7 Å². The summed E-state index contributed by atoms with van der Waals surface area (Å²) in [5.41, 5.74) is 3.58. The lowest BCUT2D eigenvalue weighted by Crippen LogP contribution is -2.50. The summed E-state index contributed by atoms with van der Waals surface area (Å²) in [6, 6.07) is 27.2. The number of nitrogens with zero attached hydrogens (tertiary/aromatic N) is 2. The van der Waals surface area contributed by atoms with Crippen molar-refractivity contribution in [3.63, 3.8) is 0 Å². The van der Waals surface area contributed by atoms with Gasteiger partial charge in [0.1, 0.15) is 0 Å². The largest absolute Gasteiger partial charge is 0.493 e. The van der Waals surface area contributed by atoms with E-state index in [-0.39, 0.29) is 11.9 Å². The van der Waals surface area contributed by atoms with E-state index < -0.39 is 0 Å². The highest BCUT2D eigenvalue weighted by Gasteiger charge is 2.27. The van der Waals surface area contributed by atoms with Gasteiger partial charge in [-0.15, -0.1) is 0 Å². The van der Waals surface area contributed by atoms with Gasteiger partial charge in [-0.3, -0.25) is 14.6 Å². The van der Waals surface area contributed by atoms with E-state index in [4.69, 9.17) is 9.47 Å². The van der Waals surface area contributed by atoms with E-state index in [1.807, 2.05) is 18.2 Å². The molecule has 1 saturated heterocycles. The van der Waals surface area contributed by atoms with E-state index in [9.17, 15) is 4.79 Å². The molecule has 3 aromatic rings. The van der Waals surface area contributed by atoms with Crippen LogP contribution >= 0.6 is 0 Å². The van der Waals surface area contributed by atoms with Crippen molar-refractivity contribution in [2.75, 3.05) is 46.9 Å². The van der Waals surface area contributed by atoms with Crippen molar-refractivity contribution in [1.82, 2.24) is 15.1 Å². The van der Waals surface area contributed by atoms with Crippen molar-refractivity contribution < 1.29 is 14.3 Å². The first-order chi connectivity index (χ1) is 16.7. The van der Waals surface area contributed by atoms with Crippen LogP contribution in [0.4, 0.5) is 0 Å². The minimum Gasteiger partial charge on any atom is -0.493 e. The summed E-state index contributed by atoms with van der Waals surface area (Å²) in [5, 5.41) is 3.03. The second kappa shape index (κ2) is 11.7. The molecule has 1 aliphatic rings. The van der Waals surface area contributed by atoms with Gasteiger partial charge in [-0.2, -0.15) is 0 Å². The molecule has 1 fully saturated rings. The molecule has 4 rings (SSSR count). The van der Waals surface area contributed by atoms with E-state index in [1.54, 1.807) is 14.2 Å². The van der Waals surface area contributed by atoms with Gasteiger partial charge in [0.05, 0.1) is 26.8 Å². The Morgan fingerprint density at radius 1 is 0.824 bits per heavy atom. The van der Waals surface area contributed by atoms with Crippen molar-refractivity contribution in [1.29, 1.82) is 0 Å². The summed E-state index contributed by atoms with van der Waals surface area (Å²) in [6.45, 7) is 4.42. The SMILES string of the molecule is COc1ccc(CNC(=O)CN2CCN(C(c3ccccc3)c3ccccc3)CC2)cc1OC. The summed E-state index contributed by atoms with van der Waals surface area (Å²) in [6.07, 6.45) is 0. The summed E-state index contributed by atoms with van der Waals surface area (Å²) in [7, 11) is 3.22. The highest BCUT2D eigenvalue weighted by Crippen LogP contribution is 2.29. The standard InChI is InChI=1S/C28H33N3O3/c1-33-25-14-13-22(19-26(25)34-2)20-29-27(32)21-30-15-17-31(18-16-30)28(23-9-5-3-6-10-23)24-11-7-4-8-12-24/h3-14,19,28H,15-18,20-21H2,1-2H3,(H,29,32). The molecular weight excluding hydrogens is 426 g/mol. The number of ether oxygens (including phenoxy) is 2. The van der Waals surface area contributed by atoms with Gasteiger partial charge in [-0.05, 0) is 28.8 Å². The fraction of sp³-hybridized carbons (Fsp3) is 0.321. The third-order valence-electron chi connectivity index (χ3n) is 6.31. The smallest absolute Gasteiger partial charge is 0.234 e. The number of carbonyl (C=O) groups excluding carboxylic acids is 1. The van der Waals surface area contributed by atoms with Crippen molar-refractivity contribution in [3.05, 3.63) is 95.6 Å². The number of carbonyl (C=O) groups is 1. The number of benzene rings is 3. The lowest BCUT2D eigenvalue weighted by molar-refractivity contribution is -0.122. The number of piperazine rings is 1. The monoisotopic (exact) mass is 459 g/mol. The quantitative estimate of drug-likeness (QED) is 0.529. The molecule has 34 heavy (non-hydrogen) atoms. The molecule has 0 aliphatic carbocycles. The molecule has 1 amide bonds. The molecule has 6 nitrogen and oxygen atoms in total. The third-order valence-corrected chi connectivity index (χ3v) is 6.31. The summed E-state index contributed by atoms with van der Waals surface area (Å²) < 4.78 is 10.6. The molecule has 0 aromatic heterocycles. The predicted octanol–water partition coefficient (Wildman–Crippen LogP) is 3.73. The minimum atomic E-state index is 0.0332. The van der Waals surface area contributed by atoms with Crippen LogP contribution in [0.1, 0.15) is 22.7 Å². The Morgan fingerprint density at radius 2 is 1.41 bits per heavy atom. The van der Waals surface area contributed by atoms with Crippen molar-refractivity contribution in [2.45, 2.75) is 12.6 Å². The molecule has 0 radical (unpaired) electrons. The van der Waals surface area contributed by atoms with Crippen molar-refractivity contribution in [3.8, 4) is 11.5 Å². The van der Waals surface area contributed by atoms with Gasteiger partial charge < -0.3 is 14.8 Å². The Hall–Kier alpha value is -3.35. The molecule has 0 saturated carbocycles. The van der Waals surface area contributed by atoms with Gasteiger partial charge in [0.15, 0.2) is 11.5 Å². The molecule has 0 unspecified atom stereocenters. The Labute approximate surface area is 202 Å². The van der Waals surface area contributed by atoms with E-state index in [1.165, 1.54) is 11.1 Å². The zero-order valence-corrected chi connectivity index (χ0v) is 19.9. The predicted molar refractivity (Wildman–Crippen MR) is 134 cm³/mol. The maximum absolute atomic E-state index is 12.6. The van der Waals surface area contributed by atoms with E-state index >= 15 is 0 Å². The Balaban J connectivity index is 1.31. The fourth-order valence-electron chi connectivity index (χ4n) is 4.51. The molecule has 1 heterocycles. The number of nitrogens with one attached hydrogen (secondary N) is 1. The maximum Gasteiger partial charge on any atom is 0.234 e. The molecule has 0 spiro atoms. The van der Waals surface area contributed by atoms with Gasteiger partial charge in [0.25, 0.3) is 0 Å². The zero-order valence-electron chi connectivity index (χ0n) is 19.9. The molecule has 0 atom stereocenters. The van der Waals surface area contributed by atoms with Crippen LogP contribution in [0.3, 0.4) is 0 Å². The van der Waals surface area contributed by atoms with Crippen molar-refractivity contribution in [2.24, 2.45) is 0 Å². The summed E-state index contributed by atoms with van der Waals surface area (Å²) in [4.78, 5) is 17.3. The van der Waals surface area contributed by atoms with Crippen LogP contribution in [0.15, 0.2) is 78.9 Å². The molecule has 0 bridgehead atoms. The number of hydrogen-bond donors (Lipinski definition) is 1. The van der Waals surface area contributed by atoms with Gasteiger partial charge in [0, 0.05) is 32.7 Å². The number of hydrogen-bond acceptors (Lipinski definition) is 5. The lowest BCUT2D eigenvalue weighted by atomic mass is 9.96. The molecule has 6 heteroatoms. The van der Waals surface area contributed by atoms with Crippen LogP contribution in [-0.2, 0) is 11.3 Å². The van der Waals surface area contributed by atoms with Crippen LogP contribution in [0.5, 0.6) is 11.5 Å². The second-order valence-electron chi connectivity index (χ2n) is 8.50. The molecule has 178 valence electrons. The van der Waals surface area contributed by atoms with Crippen molar-refractivity contribution >= 4 is 5.91 Å². The Kier molecular flexibility index (Phi) is 8.17. The van der Waals surface area contributed by atoms with Crippen LogP contribution in [0.25, 0.3) is 0 Å². The lowest BCUT2D eigenvalue weighted by Gasteiger charge is -2.39. The van der Waals surface area contributed by atoms with Gasteiger partial charge in [-0.1, -0.05) is 66.7 Å². The van der Waals surface area contributed by atoms with E-state index in [2.05, 4.69) is 75.8 Å². The molecule has 1 N–H and O–H groups in total. The first-order valence-corrected chi connectivity index (χ1v) is 11.7. The van der Waals surface area contributed by atoms with Crippen LogP contribution in [0, 0.1) is 0 Å². The fourth-order valence-corrected chi connectivity index (χ4v) is 4.51. The number of amides is 1.